The number of fused-ring (bicyclic) bond motifs is 3. The van der Waals surface area contributed by atoms with E-state index in [-0.39, 0.29) is 53.2 Å². The van der Waals surface area contributed by atoms with E-state index in [0.29, 0.717) is 42.4 Å². The van der Waals surface area contributed by atoms with Crippen molar-refractivity contribution in [2.24, 2.45) is 7.05 Å². The zero-order valence-electron chi connectivity index (χ0n) is 37.2. The normalized spacial score (nSPS) is 25.1. The number of hydrogen-bond acceptors (Lipinski definition) is 12. The van der Waals surface area contributed by atoms with Gasteiger partial charge in [-0.1, -0.05) is 12.1 Å². The van der Waals surface area contributed by atoms with E-state index in [4.69, 9.17) is 14.5 Å². The van der Waals surface area contributed by atoms with Crippen LogP contribution in [0.15, 0.2) is 58.4 Å². The van der Waals surface area contributed by atoms with Crippen molar-refractivity contribution < 1.29 is 32.3 Å². The van der Waals surface area contributed by atoms with Gasteiger partial charge in [-0.25, -0.2) is 22.5 Å². The summed E-state index contributed by atoms with van der Waals surface area (Å²) in [5.74, 6) is 0.588. The topological polar surface area (TPSA) is 190 Å². The van der Waals surface area contributed by atoms with E-state index >= 15 is 0 Å². The van der Waals surface area contributed by atoms with E-state index in [1.165, 1.54) is 8.87 Å². The van der Waals surface area contributed by atoms with E-state index < -0.39 is 27.4 Å². The van der Waals surface area contributed by atoms with Gasteiger partial charge in [0.05, 0.1) is 27.4 Å². The van der Waals surface area contributed by atoms with Gasteiger partial charge in [-0.3, -0.25) is 33.7 Å². The van der Waals surface area contributed by atoms with Crippen molar-refractivity contribution >= 4 is 56.2 Å². The van der Waals surface area contributed by atoms with Crippen molar-refractivity contribution in [3.05, 3.63) is 70.3 Å². The van der Waals surface area contributed by atoms with Gasteiger partial charge in [0, 0.05) is 57.2 Å². The van der Waals surface area contributed by atoms with Gasteiger partial charge >= 0.3 is 5.69 Å². The van der Waals surface area contributed by atoms with Gasteiger partial charge in [-0.2, -0.15) is 4.98 Å². The molecule has 3 saturated heterocycles. The molecule has 1 spiro atoms. The summed E-state index contributed by atoms with van der Waals surface area (Å²) >= 11 is 0. The van der Waals surface area contributed by atoms with Gasteiger partial charge in [0.1, 0.15) is 11.9 Å². The second-order valence-electron chi connectivity index (χ2n) is 18.9. The maximum Gasteiger partial charge on any atom is 0.329 e. The van der Waals surface area contributed by atoms with E-state index in [2.05, 4.69) is 26.6 Å². The summed E-state index contributed by atoms with van der Waals surface area (Å²) in [6, 6.07) is 11.7. The van der Waals surface area contributed by atoms with Gasteiger partial charge in [-0.15, -0.1) is 0 Å². The second-order valence-corrected chi connectivity index (χ2v) is 20.9. The number of aromatic nitrogens is 4. The first kappa shape index (κ1) is 43.9. The lowest BCUT2D eigenvalue weighted by Crippen LogP contribution is -2.45. The molecule has 3 amide bonds. The highest BCUT2D eigenvalue weighted by Gasteiger charge is 2.61. The molecular formula is C47H59N9O8S. The first-order valence-electron chi connectivity index (χ1n) is 23.5. The molecule has 2 aromatic carbocycles. The zero-order valence-corrected chi connectivity index (χ0v) is 38.1. The lowest BCUT2D eigenvalue weighted by atomic mass is 9.88. The number of likely N-dealkylation sites (tertiary alicyclic amines) is 1. The fourth-order valence-corrected chi connectivity index (χ4v) is 12.2. The molecule has 17 nitrogen and oxygen atoms in total. The van der Waals surface area contributed by atoms with Crippen LogP contribution in [0, 0.1) is 0 Å². The molecule has 5 fully saturated rings. The molecule has 2 saturated carbocycles. The fourth-order valence-electron chi connectivity index (χ4n) is 11.0. The fraction of sp³-hybridized carbons (Fsp3) is 0.574. The number of rotatable bonds is 13. The van der Waals surface area contributed by atoms with Gasteiger partial charge in [-0.05, 0) is 145 Å². The molecular weight excluding hydrogens is 851 g/mol. The van der Waals surface area contributed by atoms with Crippen molar-refractivity contribution in [2.75, 3.05) is 50.1 Å². The van der Waals surface area contributed by atoms with Crippen LogP contribution in [-0.2, 0) is 46.3 Å². The maximum absolute atomic E-state index is 14.0. The molecule has 4 atom stereocenters. The number of carbonyl (C=O) groups excluding carboxylic acids is 3. The molecule has 4 aromatic rings. The number of aryl methyl sites for hydroxylation is 1. The average molecular weight is 910 g/mol. The van der Waals surface area contributed by atoms with Crippen LogP contribution >= 0.6 is 0 Å². The number of anilines is 3. The van der Waals surface area contributed by atoms with Crippen molar-refractivity contribution in [2.45, 2.75) is 131 Å². The second kappa shape index (κ2) is 17.7. The Morgan fingerprint density at radius 3 is 2.51 bits per heavy atom. The third kappa shape index (κ3) is 8.29. The molecule has 0 bridgehead atoms. The van der Waals surface area contributed by atoms with Crippen molar-refractivity contribution in [3.8, 4) is 0 Å². The van der Waals surface area contributed by atoms with E-state index in [0.717, 1.165) is 114 Å². The number of nitrogens with zero attached hydrogens (tertiary/aromatic N) is 7. The van der Waals surface area contributed by atoms with E-state index in [9.17, 15) is 27.6 Å². The minimum atomic E-state index is -3.75. The van der Waals surface area contributed by atoms with Crippen LogP contribution in [0.25, 0.3) is 11.0 Å². The molecule has 0 radical (unpaired) electrons. The number of amides is 3. The number of hydrogen-bond donors (Lipinski definition) is 2. The van der Waals surface area contributed by atoms with E-state index in [1.807, 2.05) is 17.0 Å². The Bertz CT molecular complexity index is 2650. The Morgan fingerprint density at radius 1 is 0.969 bits per heavy atom. The molecule has 4 aliphatic heterocycles. The monoisotopic (exact) mass is 909 g/mol. The smallest absolute Gasteiger partial charge is 0.329 e. The summed E-state index contributed by atoms with van der Waals surface area (Å²) in [6.45, 7) is 3.51. The number of benzene rings is 2. The first-order chi connectivity index (χ1) is 31.4. The molecule has 346 valence electrons. The Balaban J connectivity index is 0.731. The Hall–Kier alpha value is -5.01. The largest absolute Gasteiger partial charge is 0.353 e. The molecule has 2 N–H and O–H groups in total. The first-order valence-corrected chi connectivity index (χ1v) is 24.9. The number of carbonyl (C=O) groups is 3. The molecule has 2 unspecified atom stereocenters. The molecule has 2 aliphatic carbocycles. The van der Waals surface area contributed by atoms with Gasteiger partial charge < -0.3 is 19.7 Å². The molecule has 65 heavy (non-hydrogen) atoms. The predicted octanol–water partition coefficient (Wildman–Crippen LogP) is 4.97. The molecule has 18 heteroatoms. The number of piperidine rings is 2. The van der Waals surface area contributed by atoms with Crippen LogP contribution in [0.3, 0.4) is 0 Å². The number of ether oxygens (including phenoxy) is 2. The van der Waals surface area contributed by atoms with Crippen LogP contribution in [0.5, 0.6) is 0 Å². The number of para-hydroxylation sites is 1. The SMILES string of the molecule is CN(CCCN1CCC(c2cccc3c2n(C)c(=O)n3C2CCC(=O)NC2=O)CC1)S(=O)(=O)c1ccc(Nc2ncc3c(n2)N([C@@H]2CCC[C@@H](OC4CCCCO4)C2)C(=O)C32CC2)cc1. The van der Waals surface area contributed by atoms with Gasteiger partial charge in [0.15, 0.2) is 6.29 Å². The Kier molecular flexibility index (Phi) is 11.9. The molecule has 6 aliphatic rings. The summed E-state index contributed by atoms with van der Waals surface area (Å²) in [6.07, 6.45) is 12.8. The highest BCUT2D eigenvalue weighted by molar-refractivity contribution is 7.89. The molecule has 2 aromatic heterocycles. The summed E-state index contributed by atoms with van der Waals surface area (Å²) < 4.78 is 44.2. The number of sulfonamides is 1. The maximum atomic E-state index is 14.0. The lowest BCUT2D eigenvalue weighted by Gasteiger charge is -2.37. The third-order valence-electron chi connectivity index (χ3n) is 14.8. The van der Waals surface area contributed by atoms with Crippen molar-refractivity contribution in [1.82, 2.24) is 33.6 Å². The lowest BCUT2D eigenvalue weighted by molar-refractivity contribution is -0.193. The van der Waals surface area contributed by atoms with Crippen LogP contribution in [-0.4, -0.2) is 113 Å². The summed E-state index contributed by atoms with van der Waals surface area (Å²) in [5, 5.41) is 5.63. The summed E-state index contributed by atoms with van der Waals surface area (Å²) in [4.78, 5) is 66.0. The van der Waals surface area contributed by atoms with Crippen LogP contribution in [0.1, 0.15) is 113 Å². The van der Waals surface area contributed by atoms with Gasteiger partial charge in [0.2, 0.25) is 33.7 Å². The van der Waals surface area contributed by atoms with Gasteiger partial charge in [0.25, 0.3) is 0 Å². The van der Waals surface area contributed by atoms with Crippen LogP contribution < -0.4 is 21.2 Å². The third-order valence-corrected chi connectivity index (χ3v) is 16.7. The average Bonchev–Trinajstić information content (AvgIpc) is 4.03. The quantitative estimate of drug-likeness (QED) is 0.172. The Labute approximate surface area is 378 Å². The van der Waals surface area contributed by atoms with Crippen LogP contribution in [0.2, 0.25) is 0 Å². The molecule has 6 heterocycles. The highest BCUT2D eigenvalue weighted by Crippen LogP contribution is 2.58. The Morgan fingerprint density at radius 2 is 1.77 bits per heavy atom. The van der Waals surface area contributed by atoms with E-state index in [1.54, 1.807) is 49.1 Å². The minimum Gasteiger partial charge on any atom is -0.353 e. The summed E-state index contributed by atoms with van der Waals surface area (Å²) in [5.41, 5.74) is 3.34. The number of nitrogens with one attached hydrogen (secondary N) is 2. The van der Waals surface area contributed by atoms with Crippen molar-refractivity contribution in [1.29, 1.82) is 0 Å². The number of imidazole rings is 1. The zero-order chi connectivity index (χ0) is 45.0. The minimum absolute atomic E-state index is 0.0136. The highest BCUT2D eigenvalue weighted by atomic mass is 32.2. The predicted molar refractivity (Wildman–Crippen MR) is 242 cm³/mol. The molecule has 10 rings (SSSR count). The van der Waals surface area contributed by atoms with Crippen LogP contribution in [0.4, 0.5) is 17.5 Å². The van der Waals surface area contributed by atoms with Crippen molar-refractivity contribution in [3.63, 3.8) is 0 Å². The summed E-state index contributed by atoms with van der Waals surface area (Å²) in [7, 11) is -0.398. The standard InChI is InChI=1S/C47H59N9O8S/c1-52(23-7-24-54-25-19-30(20-26-54)35-10-6-11-37-41(35)53(2)46(60)56(37)38-17-18-39(57)50-43(38)58)65(61,62)34-15-13-31(14-16-34)49-45-48-29-36-42(51-45)55(44(59)47(36)21-22-47)32-8-5-9-33(28-32)64-40-12-3-4-27-63-40/h6,10-11,13-16,29-30,32-33,38,40H,3-5,7-9,12,17-28H2,1-2H3,(H,48,49,51)(H,50,57,58)/t32-,33-,38?,40?/m1/s1. The number of imide groups is 1.